The molecule has 1 unspecified atom stereocenters. The fourth-order valence-electron chi connectivity index (χ4n) is 2.20. The van der Waals surface area contributed by atoms with Crippen molar-refractivity contribution in [1.82, 2.24) is 5.32 Å². The van der Waals surface area contributed by atoms with Gasteiger partial charge in [0.05, 0.1) is 0 Å². The van der Waals surface area contributed by atoms with Crippen LogP contribution in [0.5, 0.6) is 0 Å². The molecule has 0 saturated carbocycles. The fraction of sp³-hybridized carbons (Fsp3) is 0.300. The molecule has 0 saturated heterocycles. The van der Waals surface area contributed by atoms with E-state index in [2.05, 4.69) is 29.6 Å². The van der Waals surface area contributed by atoms with Crippen molar-refractivity contribution in [1.29, 1.82) is 0 Å². The van der Waals surface area contributed by atoms with E-state index in [0.717, 1.165) is 0 Å². The van der Waals surface area contributed by atoms with Crippen molar-refractivity contribution in [3.8, 4) is 11.1 Å². The SMILES string of the molecule is CC(C)(C)OC(=O)NC(C)(C(=O)O)c1ccccc1.c1cc2cc-2c1. The number of aliphatic carboxylic acids is 1. The van der Waals surface area contributed by atoms with E-state index in [1.807, 2.05) is 0 Å². The lowest BCUT2D eigenvalue weighted by Crippen LogP contribution is -2.50. The Morgan fingerprint density at radius 1 is 0.920 bits per heavy atom. The van der Waals surface area contributed by atoms with Gasteiger partial charge in [-0.3, -0.25) is 0 Å². The molecule has 1 aromatic rings. The molecule has 2 aliphatic rings. The van der Waals surface area contributed by atoms with E-state index in [1.165, 1.54) is 18.1 Å². The molecule has 2 N–H and O–H groups in total. The number of nitrogens with one attached hydrogen (secondary N) is 1. The predicted molar refractivity (Wildman–Crippen MR) is 96.2 cm³/mol. The summed E-state index contributed by atoms with van der Waals surface area (Å²) in [7, 11) is 0. The summed E-state index contributed by atoms with van der Waals surface area (Å²) in [4.78, 5) is 23.2. The molecule has 0 heterocycles. The van der Waals surface area contributed by atoms with Gasteiger partial charge >= 0.3 is 12.1 Å². The first-order chi connectivity index (χ1) is 11.6. The minimum Gasteiger partial charge on any atom is -0.479 e. The molecule has 0 fully saturated rings. The predicted octanol–water partition coefficient (Wildman–Crippen LogP) is 4.18. The molecule has 132 valence electrons. The molecule has 1 amide bonds. The molecular weight excluding hydrogens is 318 g/mol. The van der Waals surface area contributed by atoms with Gasteiger partial charge in [0.2, 0.25) is 0 Å². The van der Waals surface area contributed by atoms with Crippen molar-refractivity contribution >= 4 is 12.1 Å². The number of carboxylic acids is 1. The van der Waals surface area contributed by atoms with Gasteiger partial charge in [0.1, 0.15) is 5.60 Å². The Morgan fingerprint density at radius 2 is 1.48 bits per heavy atom. The number of rotatable bonds is 3. The fourth-order valence-corrected chi connectivity index (χ4v) is 2.20. The second-order valence-corrected chi connectivity index (χ2v) is 7.00. The number of carbonyl (C=O) groups is 2. The van der Waals surface area contributed by atoms with Crippen LogP contribution < -0.4 is 5.32 Å². The van der Waals surface area contributed by atoms with Crippen LogP contribution in [-0.4, -0.2) is 22.8 Å². The maximum absolute atomic E-state index is 11.8. The van der Waals surface area contributed by atoms with Crippen LogP contribution in [0.1, 0.15) is 33.3 Å². The minimum atomic E-state index is -1.52. The summed E-state index contributed by atoms with van der Waals surface area (Å²) < 4.78 is 5.09. The third kappa shape index (κ3) is 5.08. The Kier molecular flexibility index (Phi) is 5.16. The first-order valence-electron chi connectivity index (χ1n) is 8.02. The summed E-state index contributed by atoms with van der Waals surface area (Å²) in [5.41, 5.74) is 1.13. The zero-order valence-corrected chi connectivity index (χ0v) is 14.9. The van der Waals surface area contributed by atoms with E-state index >= 15 is 0 Å². The van der Waals surface area contributed by atoms with Crippen LogP contribution in [-0.2, 0) is 15.1 Å². The summed E-state index contributed by atoms with van der Waals surface area (Å²) in [6.45, 7) is 6.57. The van der Waals surface area contributed by atoms with Gasteiger partial charge in [-0.05, 0) is 50.5 Å². The lowest BCUT2D eigenvalue weighted by atomic mass is 9.92. The maximum Gasteiger partial charge on any atom is 0.408 e. The third-order valence-corrected chi connectivity index (χ3v) is 3.64. The average Bonchev–Trinajstić information content (AvgIpc) is 3.12. The average molecular weight is 341 g/mol. The Bertz CT molecular complexity index is 748. The Hall–Kier alpha value is -2.82. The smallest absolute Gasteiger partial charge is 0.408 e. The van der Waals surface area contributed by atoms with Gasteiger partial charge in [0.25, 0.3) is 0 Å². The Morgan fingerprint density at radius 3 is 1.84 bits per heavy atom. The number of carbonyl (C=O) groups excluding carboxylic acids is 1. The molecule has 5 heteroatoms. The number of alkyl carbamates (subject to hydrolysis) is 1. The number of fused-ring (bicyclic) bond motifs is 1. The summed E-state index contributed by atoms with van der Waals surface area (Å²) in [5.74, 6) is -1.15. The molecule has 3 rings (SSSR count). The first kappa shape index (κ1) is 18.5. The highest BCUT2D eigenvalue weighted by atomic mass is 16.6. The number of amides is 1. The summed E-state index contributed by atoms with van der Waals surface area (Å²) in [6.07, 6.45) is -0.763. The van der Waals surface area contributed by atoms with Gasteiger partial charge in [-0.2, -0.15) is 0 Å². The highest BCUT2D eigenvalue weighted by Gasteiger charge is 2.38. The summed E-state index contributed by atoms with van der Waals surface area (Å²) in [5, 5.41) is 11.8. The van der Waals surface area contributed by atoms with Crippen molar-refractivity contribution in [2.24, 2.45) is 0 Å². The van der Waals surface area contributed by atoms with Crippen molar-refractivity contribution in [2.45, 2.75) is 38.8 Å². The van der Waals surface area contributed by atoms with Crippen LogP contribution in [0.3, 0.4) is 0 Å². The number of hydrogen-bond donors (Lipinski definition) is 2. The quantitative estimate of drug-likeness (QED) is 0.749. The molecule has 0 spiro atoms. The van der Waals surface area contributed by atoms with Gasteiger partial charge in [-0.25, -0.2) is 9.59 Å². The van der Waals surface area contributed by atoms with E-state index in [4.69, 9.17) is 4.74 Å². The van der Waals surface area contributed by atoms with Crippen molar-refractivity contribution in [2.75, 3.05) is 0 Å². The van der Waals surface area contributed by atoms with Gasteiger partial charge < -0.3 is 15.2 Å². The second-order valence-electron chi connectivity index (χ2n) is 7.00. The van der Waals surface area contributed by atoms with Crippen molar-refractivity contribution < 1.29 is 19.4 Å². The van der Waals surface area contributed by atoms with E-state index in [-0.39, 0.29) is 0 Å². The molecule has 0 aromatic heterocycles. The minimum absolute atomic E-state index is 0.480. The monoisotopic (exact) mass is 341 g/mol. The van der Waals surface area contributed by atoms with E-state index in [0.29, 0.717) is 5.56 Å². The standard InChI is InChI=1S/C14H19NO4.C6H4/c1-13(2,3)19-12(18)15-14(4,11(16)17)10-8-6-5-7-9-10;1-2-5-4-6(5)3-1/h5-9H,1-4H3,(H,15,18)(H,16,17);1-4H. The van der Waals surface area contributed by atoms with Crippen LogP contribution >= 0.6 is 0 Å². The molecule has 1 aromatic carbocycles. The number of carboxylic acid groups (broad SMARTS) is 1. The summed E-state index contributed by atoms with van der Waals surface area (Å²) in [6, 6.07) is 17.0. The maximum atomic E-state index is 11.8. The lowest BCUT2D eigenvalue weighted by Gasteiger charge is -2.28. The van der Waals surface area contributed by atoms with Crippen molar-refractivity contribution in [3.63, 3.8) is 0 Å². The topological polar surface area (TPSA) is 75.6 Å². The van der Waals surface area contributed by atoms with Gasteiger partial charge in [0, 0.05) is 0 Å². The van der Waals surface area contributed by atoms with Crippen LogP contribution in [0.4, 0.5) is 4.79 Å². The Labute approximate surface area is 147 Å². The molecule has 25 heavy (non-hydrogen) atoms. The molecule has 5 nitrogen and oxygen atoms in total. The number of ether oxygens (including phenoxy) is 1. The van der Waals surface area contributed by atoms with Crippen molar-refractivity contribution in [3.05, 3.63) is 60.2 Å². The number of benzene rings is 2. The van der Waals surface area contributed by atoms with Crippen LogP contribution in [0.15, 0.2) is 54.6 Å². The van der Waals surface area contributed by atoms with E-state index in [9.17, 15) is 14.7 Å². The highest BCUT2D eigenvalue weighted by molar-refractivity contribution is 5.85. The largest absolute Gasteiger partial charge is 0.479 e. The third-order valence-electron chi connectivity index (χ3n) is 3.64. The van der Waals surface area contributed by atoms with Crippen LogP contribution in [0.2, 0.25) is 0 Å². The van der Waals surface area contributed by atoms with Gasteiger partial charge in [-0.1, -0.05) is 48.5 Å². The lowest BCUT2D eigenvalue weighted by molar-refractivity contribution is -0.144. The zero-order valence-electron chi connectivity index (χ0n) is 14.9. The number of hydrogen-bond acceptors (Lipinski definition) is 3. The Balaban J connectivity index is 0.000000306. The van der Waals surface area contributed by atoms with Gasteiger partial charge in [-0.15, -0.1) is 0 Å². The van der Waals surface area contributed by atoms with E-state index in [1.54, 1.807) is 51.1 Å². The molecule has 2 aliphatic carbocycles. The summed E-state index contributed by atoms with van der Waals surface area (Å²) >= 11 is 0. The second kappa shape index (κ2) is 6.97. The highest BCUT2D eigenvalue weighted by Crippen LogP contribution is 2.32. The normalized spacial score (nSPS) is 13.6. The molecule has 0 aliphatic heterocycles. The van der Waals surface area contributed by atoms with Crippen LogP contribution in [0, 0.1) is 0 Å². The zero-order chi connectivity index (χ0) is 18.7. The van der Waals surface area contributed by atoms with E-state index < -0.39 is 23.2 Å². The molecule has 0 radical (unpaired) electrons. The first-order valence-corrected chi connectivity index (χ1v) is 8.02. The molecule has 0 bridgehead atoms. The molecule has 1 atom stereocenters. The van der Waals surface area contributed by atoms with Gasteiger partial charge in [0.15, 0.2) is 5.54 Å². The molecular formula is C20H23NO4. The van der Waals surface area contributed by atoms with Crippen LogP contribution in [0.25, 0.3) is 11.1 Å².